The summed E-state index contributed by atoms with van der Waals surface area (Å²) in [5, 5.41) is 0. The van der Waals surface area contributed by atoms with Crippen LogP contribution in [0.15, 0.2) is 0 Å². The van der Waals surface area contributed by atoms with Gasteiger partial charge in [0, 0.05) is 12.6 Å². The van der Waals surface area contributed by atoms with Crippen molar-refractivity contribution in [2.45, 2.75) is 25.8 Å². The average molecular weight is 250 g/mol. The molecule has 15 heavy (non-hydrogen) atoms. The largest absolute Gasteiger partial charge is 0.393 e. The van der Waals surface area contributed by atoms with Gasteiger partial charge >= 0.3 is 0 Å². The highest BCUT2D eigenvalue weighted by Gasteiger charge is 2.27. The summed E-state index contributed by atoms with van der Waals surface area (Å²) in [6, 6.07) is 0.120. The zero-order chi connectivity index (χ0) is 11.5. The number of hydrogen-bond acceptors (Lipinski definition) is 4. The second kappa shape index (κ2) is 5.23. The molecular formula is C9H18N2O2S2. The van der Waals surface area contributed by atoms with E-state index in [2.05, 4.69) is 4.90 Å². The van der Waals surface area contributed by atoms with Crippen LogP contribution in [0.1, 0.15) is 19.8 Å². The third kappa shape index (κ3) is 4.44. The summed E-state index contributed by atoms with van der Waals surface area (Å²) >= 11 is 4.79. The molecule has 0 radical (unpaired) electrons. The van der Waals surface area contributed by atoms with Gasteiger partial charge in [-0.1, -0.05) is 12.2 Å². The van der Waals surface area contributed by atoms with Crippen LogP contribution in [0.25, 0.3) is 0 Å². The predicted molar refractivity (Wildman–Crippen MR) is 65.7 cm³/mol. The molecule has 1 rings (SSSR count). The van der Waals surface area contributed by atoms with E-state index in [1.807, 2.05) is 6.92 Å². The van der Waals surface area contributed by atoms with Crippen molar-refractivity contribution in [2.24, 2.45) is 5.73 Å². The lowest BCUT2D eigenvalue weighted by Gasteiger charge is -2.32. The summed E-state index contributed by atoms with van der Waals surface area (Å²) in [5.41, 5.74) is 5.40. The first kappa shape index (κ1) is 12.9. The predicted octanol–water partition coefficient (Wildman–Crippen LogP) is 0.172. The van der Waals surface area contributed by atoms with E-state index < -0.39 is 9.84 Å². The third-order valence-corrected chi connectivity index (χ3v) is 4.68. The molecule has 1 aliphatic heterocycles. The second-order valence-electron chi connectivity index (χ2n) is 4.07. The summed E-state index contributed by atoms with van der Waals surface area (Å²) in [7, 11) is -2.80. The molecule has 1 fully saturated rings. The first-order valence-corrected chi connectivity index (χ1v) is 7.36. The maximum atomic E-state index is 11.3. The quantitative estimate of drug-likeness (QED) is 0.721. The topological polar surface area (TPSA) is 63.4 Å². The van der Waals surface area contributed by atoms with E-state index >= 15 is 0 Å². The van der Waals surface area contributed by atoms with Gasteiger partial charge in [-0.05, 0) is 26.3 Å². The van der Waals surface area contributed by atoms with Crippen molar-refractivity contribution in [1.29, 1.82) is 0 Å². The minimum atomic E-state index is -2.80. The van der Waals surface area contributed by atoms with E-state index in [-0.39, 0.29) is 17.5 Å². The molecule has 2 N–H and O–H groups in total. The zero-order valence-corrected chi connectivity index (χ0v) is 10.6. The molecule has 6 heteroatoms. The second-order valence-corrected chi connectivity index (χ2v) is 6.82. The number of hydrogen-bond donors (Lipinski definition) is 1. The molecule has 0 aliphatic carbocycles. The Hall–Kier alpha value is -0.200. The highest BCUT2D eigenvalue weighted by Crippen LogP contribution is 2.12. The van der Waals surface area contributed by atoms with Crippen molar-refractivity contribution in [2.75, 3.05) is 24.6 Å². The molecule has 88 valence electrons. The minimum Gasteiger partial charge on any atom is -0.393 e. The van der Waals surface area contributed by atoms with Crippen LogP contribution >= 0.6 is 12.2 Å². The number of nitrogens with zero attached hydrogens (tertiary/aromatic N) is 1. The monoisotopic (exact) mass is 250 g/mol. The molecular weight excluding hydrogens is 232 g/mol. The van der Waals surface area contributed by atoms with Gasteiger partial charge < -0.3 is 5.73 Å². The first-order chi connectivity index (χ1) is 6.91. The van der Waals surface area contributed by atoms with Gasteiger partial charge in [-0.15, -0.1) is 0 Å². The van der Waals surface area contributed by atoms with E-state index in [0.717, 1.165) is 19.4 Å². The number of nitrogens with two attached hydrogens (primary N) is 1. The molecule has 0 amide bonds. The fourth-order valence-corrected chi connectivity index (χ4v) is 3.59. The lowest BCUT2D eigenvalue weighted by Crippen LogP contribution is -2.47. The Labute approximate surface area is 96.7 Å². The molecule has 1 unspecified atom stereocenters. The molecule has 1 heterocycles. The van der Waals surface area contributed by atoms with Crippen molar-refractivity contribution < 1.29 is 8.42 Å². The molecule has 0 saturated carbocycles. The molecule has 1 saturated heterocycles. The Kier molecular flexibility index (Phi) is 4.48. The maximum absolute atomic E-state index is 11.3. The van der Waals surface area contributed by atoms with Crippen LogP contribution < -0.4 is 5.73 Å². The number of sulfone groups is 1. The summed E-state index contributed by atoms with van der Waals surface area (Å²) < 4.78 is 22.6. The molecule has 1 atom stereocenters. The van der Waals surface area contributed by atoms with Gasteiger partial charge in [-0.25, -0.2) is 8.42 Å². The summed E-state index contributed by atoms with van der Waals surface area (Å²) in [6.45, 7) is 3.48. The lowest BCUT2D eigenvalue weighted by atomic mass is 10.2. The van der Waals surface area contributed by atoms with Crippen molar-refractivity contribution in [3.63, 3.8) is 0 Å². The van der Waals surface area contributed by atoms with Crippen LogP contribution in [0.2, 0.25) is 0 Å². The lowest BCUT2D eigenvalue weighted by molar-refractivity contribution is 0.225. The van der Waals surface area contributed by atoms with Gasteiger partial charge in [0.25, 0.3) is 0 Å². The van der Waals surface area contributed by atoms with Crippen LogP contribution in [0, 0.1) is 0 Å². The Morgan fingerprint density at radius 2 is 2.27 bits per heavy atom. The number of thiocarbonyl (C=S) groups is 1. The van der Waals surface area contributed by atoms with Crippen LogP contribution in [0.3, 0.4) is 0 Å². The van der Waals surface area contributed by atoms with Crippen molar-refractivity contribution in [3.05, 3.63) is 0 Å². The Bertz CT molecular complexity index is 327. The van der Waals surface area contributed by atoms with Crippen molar-refractivity contribution in [3.8, 4) is 0 Å². The molecule has 0 aromatic heterocycles. The van der Waals surface area contributed by atoms with E-state index in [9.17, 15) is 8.42 Å². The van der Waals surface area contributed by atoms with Gasteiger partial charge in [-0.3, -0.25) is 4.90 Å². The van der Waals surface area contributed by atoms with Crippen molar-refractivity contribution >= 4 is 27.0 Å². The van der Waals surface area contributed by atoms with E-state index in [1.165, 1.54) is 0 Å². The Balaban J connectivity index is 2.35. The van der Waals surface area contributed by atoms with Gasteiger partial charge in [0.1, 0.15) is 0 Å². The fourth-order valence-electron chi connectivity index (χ4n) is 1.82. The maximum Gasteiger partial charge on any atom is 0.153 e. The molecule has 0 aromatic carbocycles. The molecule has 0 aromatic rings. The number of rotatable bonds is 4. The van der Waals surface area contributed by atoms with E-state index in [4.69, 9.17) is 18.0 Å². The molecule has 0 bridgehead atoms. The summed E-state index contributed by atoms with van der Waals surface area (Å²) in [4.78, 5) is 2.73. The third-order valence-electron chi connectivity index (χ3n) is 2.68. The fraction of sp³-hybridized carbons (Fsp3) is 0.889. The molecule has 0 spiro atoms. The SMILES string of the molecule is CC1CS(=O)(=O)CCN1CCCC(N)=S. The molecule has 1 aliphatic rings. The van der Waals surface area contributed by atoms with Crippen LogP contribution in [0.4, 0.5) is 0 Å². The Morgan fingerprint density at radius 1 is 1.60 bits per heavy atom. The first-order valence-electron chi connectivity index (χ1n) is 5.13. The normalized spacial score (nSPS) is 26.3. The van der Waals surface area contributed by atoms with Gasteiger partial charge in [0.15, 0.2) is 9.84 Å². The summed E-state index contributed by atoms with van der Waals surface area (Å²) in [5.74, 6) is 0.560. The highest BCUT2D eigenvalue weighted by molar-refractivity contribution is 7.91. The van der Waals surface area contributed by atoms with E-state index in [0.29, 0.717) is 11.5 Å². The van der Waals surface area contributed by atoms with Crippen molar-refractivity contribution in [1.82, 2.24) is 4.90 Å². The minimum absolute atomic E-state index is 0.120. The summed E-state index contributed by atoms with van der Waals surface area (Å²) in [6.07, 6.45) is 1.66. The zero-order valence-electron chi connectivity index (χ0n) is 8.98. The van der Waals surface area contributed by atoms with Gasteiger partial charge in [-0.2, -0.15) is 0 Å². The highest BCUT2D eigenvalue weighted by atomic mass is 32.2. The van der Waals surface area contributed by atoms with E-state index in [1.54, 1.807) is 0 Å². The smallest absolute Gasteiger partial charge is 0.153 e. The van der Waals surface area contributed by atoms with Gasteiger partial charge in [0.05, 0.1) is 16.5 Å². The van der Waals surface area contributed by atoms with Gasteiger partial charge in [0.2, 0.25) is 0 Å². The van der Waals surface area contributed by atoms with Crippen LogP contribution in [-0.4, -0.2) is 48.9 Å². The van der Waals surface area contributed by atoms with Crippen LogP contribution in [0.5, 0.6) is 0 Å². The average Bonchev–Trinajstić information content (AvgIpc) is 2.07. The standard InChI is InChI=1S/C9H18N2O2S2/c1-8-7-15(12,13)6-5-11(8)4-2-3-9(10)14/h8H,2-7H2,1H3,(H2,10,14). The van der Waals surface area contributed by atoms with Crippen LogP contribution in [-0.2, 0) is 9.84 Å². The Morgan fingerprint density at radius 3 is 2.80 bits per heavy atom. The molecule has 4 nitrogen and oxygen atoms in total.